The number of amides is 1. The predicted molar refractivity (Wildman–Crippen MR) is 76.6 cm³/mol. The van der Waals surface area contributed by atoms with E-state index in [4.69, 9.17) is 0 Å². The summed E-state index contributed by atoms with van der Waals surface area (Å²) in [7, 11) is 1.75. The fourth-order valence-corrected chi connectivity index (χ4v) is 2.26. The third-order valence-electron chi connectivity index (χ3n) is 3.46. The zero-order valence-electron chi connectivity index (χ0n) is 11.2. The Bertz CT molecular complexity index is 614. The van der Waals surface area contributed by atoms with Crippen molar-refractivity contribution >= 4 is 11.7 Å². The van der Waals surface area contributed by atoms with Gasteiger partial charge in [-0.05, 0) is 12.0 Å². The Labute approximate surface area is 117 Å². The van der Waals surface area contributed by atoms with E-state index in [0.717, 1.165) is 6.42 Å². The van der Waals surface area contributed by atoms with Gasteiger partial charge in [0.1, 0.15) is 11.5 Å². The van der Waals surface area contributed by atoms with Gasteiger partial charge in [-0.2, -0.15) is 0 Å². The second-order valence-corrected chi connectivity index (χ2v) is 4.87. The maximum Gasteiger partial charge on any atom is 0.271 e. The van der Waals surface area contributed by atoms with Crippen molar-refractivity contribution in [3.05, 3.63) is 54.0 Å². The number of carbonyl (C=O) groups is 1. The third kappa shape index (κ3) is 2.61. The summed E-state index contributed by atoms with van der Waals surface area (Å²) in [6.45, 7) is 0. The molecule has 0 saturated heterocycles. The highest BCUT2D eigenvalue weighted by molar-refractivity contribution is 5.92. The Hall–Kier alpha value is -2.43. The summed E-state index contributed by atoms with van der Waals surface area (Å²) in [6.07, 6.45) is 4.05. The molecule has 1 fully saturated rings. The van der Waals surface area contributed by atoms with Crippen LogP contribution >= 0.6 is 0 Å². The first-order chi connectivity index (χ1) is 9.78. The molecule has 5 nitrogen and oxygen atoms in total. The lowest BCUT2D eigenvalue weighted by molar-refractivity contribution is 0.0945. The molecule has 2 N–H and O–H groups in total. The fourth-order valence-electron chi connectivity index (χ4n) is 2.26. The van der Waals surface area contributed by atoms with Gasteiger partial charge in [0.2, 0.25) is 0 Å². The van der Waals surface area contributed by atoms with Crippen LogP contribution in [0.5, 0.6) is 0 Å². The van der Waals surface area contributed by atoms with Crippen LogP contribution in [0.2, 0.25) is 0 Å². The minimum atomic E-state index is -0.168. The van der Waals surface area contributed by atoms with Gasteiger partial charge in [-0.1, -0.05) is 30.3 Å². The number of nitrogens with zero attached hydrogens (tertiary/aromatic N) is 2. The largest absolute Gasteiger partial charge is 0.372 e. The molecule has 102 valence electrons. The van der Waals surface area contributed by atoms with Gasteiger partial charge < -0.3 is 10.6 Å². The number of nitrogens with one attached hydrogen (secondary N) is 2. The molecule has 5 heteroatoms. The first kappa shape index (κ1) is 12.6. The Morgan fingerprint density at radius 1 is 1.25 bits per heavy atom. The van der Waals surface area contributed by atoms with Crippen LogP contribution in [0.3, 0.4) is 0 Å². The van der Waals surface area contributed by atoms with E-state index in [9.17, 15) is 4.79 Å². The lowest BCUT2D eigenvalue weighted by atomic mass is 10.1. The number of anilines is 1. The molecule has 0 radical (unpaired) electrons. The summed E-state index contributed by atoms with van der Waals surface area (Å²) in [4.78, 5) is 20.3. The van der Waals surface area contributed by atoms with Crippen molar-refractivity contribution in [2.24, 2.45) is 0 Å². The molecule has 1 aliphatic carbocycles. The van der Waals surface area contributed by atoms with Crippen LogP contribution in [0.4, 0.5) is 5.82 Å². The molecule has 1 aromatic carbocycles. The highest BCUT2D eigenvalue weighted by atomic mass is 16.2. The molecule has 20 heavy (non-hydrogen) atoms. The minimum absolute atomic E-state index is 0.168. The molecule has 0 spiro atoms. The number of hydrogen-bond donors (Lipinski definition) is 2. The number of rotatable bonds is 4. The number of benzene rings is 1. The van der Waals surface area contributed by atoms with Gasteiger partial charge in [-0.15, -0.1) is 0 Å². The number of aromatic nitrogens is 2. The zero-order valence-corrected chi connectivity index (χ0v) is 11.2. The van der Waals surface area contributed by atoms with Gasteiger partial charge in [0.05, 0.1) is 12.4 Å². The quantitative estimate of drug-likeness (QED) is 0.887. The highest BCUT2D eigenvalue weighted by Crippen LogP contribution is 2.40. The van der Waals surface area contributed by atoms with Crippen LogP contribution in [0.15, 0.2) is 42.7 Å². The van der Waals surface area contributed by atoms with Crippen molar-refractivity contribution < 1.29 is 4.79 Å². The Morgan fingerprint density at radius 2 is 2.05 bits per heavy atom. The van der Waals surface area contributed by atoms with Crippen molar-refractivity contribution in [1.82, 2.24) is 15.3 Å². The van der Waals surface area contributed by atoms with E-state index in [-0.39, 0.29) is 11.9 Å². The highest BCUT2D eigenvalue weighted by Gasteiger charge is 2.39. The van der Waals surface area contributed by atoms with E-state index in [1.54, 1.807) is 13.2 Å². The molecule has 2 atom stereocenters. The van der Waals surface area contributed by atoms with E-state index in [1.165, 1.54) is 11.8 Å². The van der Waals surface area contributed by atoms with Crippen molar-refractivity contribution in [3.8, 4) is 0 Å². The molecule has 3 rings (SSSR count). The fraction of sp³-hybridized carbons (Fsp3) is 0.267. The van der Waals surface area contributed by atoms with Crippen molar-refractivity contribution in [1.29, 1.82) is 0 Å². The molecule has 1 saturated carbocycles. The van der Waals surface area contributed by atoms with E-state index >= 15 is 0 Å². The van der Waals surface area contributed by atoms with Crippen LogP contribution in [-0.2, 0) is 0 Å². The summed E-state index contributed by atoms with van der Waals surface area (Å²) in [6, 6.07) is 10.4. The molecule has 0 bridgehead atoms. The van der Waals surface area contributed by atoms with Crippen molar-refractivity contribution in [2.45, 2.75) is 18.4 Å². The van der Waals surface area contributed by atoms with E-state index in [2.05, 4.69) is 32.7 Å². The normalized spacial score (nSPS) is 20.2. The van der Waals surface area contributed by atoms with E-state index in [1.807, 2.05) is 18.2 Å². The first-order valence-electron chi connectivity index (χ1n) is 6.63. The summed E-state index contributed by atoms with van der Waals surface area (Å²) in [5.74, 6) is 0.840. The smallest absolute Gasteiger partial charge is 0.271 e. The Morgan fingerprint density at radius 3 is 2.80 bits per heavy atom. The monoisotopic (exact) mass is 268 g/mol. The summed E-state index contributed by atoms with van der Waals surface area (Å²) >= 11 is 0. The van der Waals surface area contributed by atoms with Gasteiger partial charge in [0, 0.05) is 19.0 Å². The van der Waals surface area contributed by atoms with Crippen molar-refractivity contribution in [2.75, 3.05) is 12.4 Å². The average Bonchev–Trinajstić information content (AvgIpc) is 3.27. The lowest BCUT2D eigenvalue weighted by Gasteiger charge is -2.05. The van der Waals surface area contributed by atoms with E-state index < -0.39 is 0 Å². The zero-order chi connectivity index (χ0) is 13.9. The molecule has 0 aliphatic heterocycles. The average molecular weight is 268 g/mol. The predicted octanol–water partition coefficient (Wildman–Crippen LogP) is 1.80. The molecule has 1 aromatic heterocycles. The Balaban J connectivity index is 1.63. The van der Waals surface area contributed by atoms with Gasteiger partial charge in [-0.25, -0.2) is 4.98 Å². The van der Waals surface area contributed by atoms with Crippen LogP contribution in [0.1, 0.15) is 28.4 Å². The topological polar surface area (TPSA) is 66.9 Å². The molecule has 2 unspecified atom stereocenters. The van der Waals surface area contributed by atoms with Crippen LogP contribution < -0.4 is 10.6 Å². The summed E-state index contributed by atoms with van der Waals surface area (Å²) < 4.78 is 0. The molecule has 1 amide bonds. The Kier molecular flexibility index (Phi) is 3.33. The SMILES string of the molecule is CNc1cncc(C(=O)NC2CC2c2ccccc2)n1. The summed E-state index contributed by atoms with van der Waals surface area (Å²) in [5, 5.41) is 5.87. The maximum absolute atomic E-state index is 12.1. The van der Waals surface area contributed by atoms with Crippen LogP contribution in [0.25, 0.3) is 0 Å². The minimum Gasteiger partial charge on any atom is -0.372 e. The van der Waals surface area contributed by atoms with Crippen molar-refractivity contribution in [3.63, 3.8) is 0 Å². The second kappa shape index (κ2) is 5.28. The number of carbonyl (C=O) groups excluding carboxylic acids is 1. The summed E-state index contributed by atoms with van der Waals surface area (Å²) in [5.41, 5.74) is 1.61. The molecule has 1 aliphatic rings. The van der Waals surface area contributed by atoms with Crippen LogP contribution in [-0.4, -0.2) is 29.0 Å². The van der Waals surface area contributed by atoms with Gasteiger partial charge in [0.25, 0.3) is 5.91 Å². The second-order valence-electron chi connectivity index (χ2n) is 4.87. The molecular weight excluding hydrogens is 252 g/mol. The maximum atomic E-state index is 12.1. The van der Waals surface area contributed by atoms with E-state index in [0.29, 0.717) is 17.4 Å². The molecular formula is C15H16N4O. The third-order valence-corrected chi connectivity index (χ3v) is 3.46. The standard InChI is InChI=1S/C15H16N4O/c1-16-14-9-17-8-13(18-14)15(20)19-12-7-11(12)10-5-3-2-4-6-10/h2-6,8-9,11-12H,7H2,1H3,(H,16,18)(H,19,20). The van der Waals surface area contributed by atoms with Gasteiger partial charge >= 0.3 is 0 Å². The van der Waals surface area contributed by atoms with Gasteiger partial charge in [0.15, 0.2) is 0 Å². The number of hydrogen-bond acceptors (Lipinski definition) is 4. The molecule has 2 aromatic rings. The lowest BCUT2D eigenvalue weighted by Crippen LogP contribution is -2.27. The molecule has 1 heterocycles. The van der Waals surface area contributed by atoms with Gasteiger partial charge in [-0.3, -0.25) is 9.78 Å². The first-order valence-corrected chi connectivity index (χ1v) is 6.63. The van der Waals surface area contributed by atoms with Crippen LogP contribution in [0, 0.1) is 0 Å².